The highest BCUT2D eigenvalue weighted by Crippen LogP contribution is 2.39. The molecule has 3 aromatic rings. The Bertz CT molecular complexity index is 1250. The first-order chi connectivity index (χ1) is 15.5. The Morgan fingerprint density at radius 2 is 1.44 bits per heavy atom. The van der Waals surface area contributed by atoms with E-state index in [4.69, 9.17) is 16.6 Å². The van der Waals surface area contributed by atoms with E-state index in [0.29, 0.717) is 5.17 Å². The number of allylic oxidation sites excluding steroid dienone is 4. The predicted octanol–water partition coefficient (Wildman–Crippen LogP) is 7.56. The summed E-state index contributed by atoms with van der Waals surface area (Å²) in [6, 6.07) is 28.6. The van der Waals surface area contributed by atoms with E-state index in [1.807, 2.05) is 54.4 Å². The van der Waals surface area contributed by atoms with Gasteiger partial charge in [-0.05, 0) is 35.3 Å². The van der Waals surface area contributed by atoms with Gasteiger partial charge < -0.3 is 4.90 Å². The average molecular weight is 437 g/mol. The molecule has 3 heteroatoms. The monoisotopic (exact) mass is 436 g/mol. The second-order valence-corrected chi connectivity index (χ2v) is 8.06. The molecule has 0 unspecified atom stereocenters. The standard InChI is InChI=1S/C29H25ClN2/c1-5-25-27(24-18-16-20(2)17-19-24)28(30)31-29(32(25)4)26(23-14-10-7-11-15-23)21(3)22-12-8-6-9-13-22/h5-19H,1,3H2,2,4H3/b29-26+. The van der Waals surface area contributed by atoms with Crippen LogP contribution in [0.2, 0.25) is 0 Å². The number of aryl methyl sites for hydroxylation is 1. The molecule has 0 spiro atoms. The van der Waals surface area contributed by atoms with Gasteiger partial charge in [0.15, 0.2) is 0 Å². The number of aliphatic imine (C=N–C) groups is 1. The fourth-order valence-electron chi connectivity index (χ4n) is 3.89. The van der Waals surface area contributed by atoms with Crippen LogP contribution in [0.1, 0.15) is 22.3 Å². The number of hydrogen-bond acceptors (Lipinski definition) is 2. The molecule has 32 heavy (non-hydrogen) atoms. The van der Waals surface area contributed by atoms with Gasteiger partial charge in [-0.25, -0.2) is 4.99 Å². The third-order valence-corrected chi connectivity index (χ3v) is 5.86. The Hall–Kier alpha value is -3.62. The van der Waals surface area contributed by atoms with Crippen molar-refractivity contribution in [3.8, 4) is 0 Å². The molecule has 158 valence electrons. The van der Waals surface area contributed by atoms with Gasteiger partial charge in [-0.2, -0.15) is 0 Å². The van der Waals surface area contributed by atoms with Gasteiger partial charge in [0.1, 0.15) is 11.0 Å². The minimum atomic E-state index is 0.436. The maximum atomic E-state index is 6.83. The number of benzene rings is 3. The fourth-order valence-corrected chi connectivity index (χ4v) is 4.17. The molecular weight excluding hydrogens is 412 g/mol. The highest BCUT2D eigenvalue weighted by atomic mass is 35.5. The van der Waals surface area contributed by atoms with Gasteiger partial charge in [-0.1, -0.05) is 115 Å². The van der Waals surface area contributed by atoms with E-state index in [1.54, 1.807) is 0 Å². The van der Waals surface area contributed by atoms with Gasteiger partial charge in [-0.15, -0.1) is 0 Å². The number of halogens is 1. The van der Waals surface area contributed by atoms with E-state index in [0.717, 1.165) is 44.9 Å². The summed E-state index contributed by atoms with van der Waals surface area (Å²) in [7, 11) is 1.99. The van der Waals surface area contributed by atoms with Crippen LogP contribution >= 0.6 is 11.6 Å². The molecule has 0 N–H and O–H groups in total. The maximum absolute atomic E-state index is 6.83. The molecule has 1 heterocycles. The van der Waals surface area contributed by atoms with Crippen molar-refractivity contribution >= 4 is 33.5 Å². The van der Waals surface area contributed by atoms with E-state index in [-0.39, 0.29) is 0 Å². The van der Waals surface area contributed by atoms with Crippen LogP contribution in [0, 0.1) is 6.92 Å². The van der Waals surface area contributed by atoms with Crippen molar-refractivity contribution in [2.75, 3.05) is 7.05 Å². The van der Waals surface area contributed by atoms with E-state index in [1.165, 1.54) is 5.56 Å². The molecule has 0 aromatic heterocycles. The summed E-state index contributed by atoms with van der Waals surface area (Å²) in [5.41, 5.74) is 7.84. The summed E-state index contributed by atoms with van der Waals surface area (Å²) < 4.78 is 0. The van der Waals surface area contributed by atoms with Gasteiger partial charge in [-0.3, -0.25) is 0 Å². The lowest BCUT2D eigenvalue weighted by Gasteiger charge is -2.31. The summed E-state index contributed by atoms with van der Waals surface area (Å²) >= 11 is 6.83. The lowest BCUT2D eigenvalue weighted by atomic mass is 9.92. The van der Waals surface area contributed by atoms with E-state index >= 15 is 0 Å². The Balaban J connectivity index is 1.94. The summed E-state index contributed by atoms with van der Waals surface area (Å²) in [5, 5.41) is 0.436. The van der Waals surface area contributed by atoms with Crippen molar-refractivity contribution in [3.63, 3.8) is 0 Å². The number of likely N-dealkylation sites (N-methyl/N-ethyl adjacent to an activating group) is 1. The summed E-state index contributed by atoms with van der Waals surface area (Å²) in [6.45, 7) is 10.6. The molecule has 0 aliphatic carbocycles. The lowest BCUT2D eigenvalue weighted by molar-refractivity contribution is 0.533. The Morgan fingerprint density at radius 1 is 0.875 bits per heavy atom. The van der Waals surface area contributed by atoms with Crippen LogP contribution < -0.4 is 0 Å². The number of nitrogens with zero attached hydrogens (tertiary/aromatic N) is 2. The van der Waals surface area contributed by atoms with Crippen molar-refractivity contribution in [1.82, 2.24) is 4.90 Å². The lowest BCUT2D eigenvalue weighted by Crippen LogP contribution is -2.24. The second kappa shape index (κ2) is 9.25. The quantitative estimate of drug-likeness (QED) is 0.403. The summed E-state index contributed by atoms with van der Waals surface area (Å²) in [4.78, 5) is 6.93. The van der Waals surface area contributed by atoms with Crippen LogP contribution in [-0.4, -0.2) is 17.1 Å². The van der Waals surface area contributed by atoms with Crippen molar-refractivity contribution in [1.29, 1.82) is 0 Å². The average Bonchev–Trinajstić information content (AvgIpc) is 2.83. The summed E-state index contributed by atoms with van der Waals surface area (Å²) in [5.74, 6) is 0.737. The predicted molar refractivity (Wildman–Crippen MR) is 138 cm³/mol. The molecule has 0 bridgehead atoms. The third kappa shape index (κ3) is 4.10. The molecule has 0 fully saturated rings. The largest absolute Gasteiger partial charge is 0.328 e. The first-order valence-corrected chi connectivity index (χ1v) is 10.9. The van der Waals surface area contributed by atoms with E-state index < -0.39 is 0 Å². The van der Waals surface area contributed by atoms with E-state index in [9.17, 15) is 0 Å². The molecule has 0 radical (unpaired) electrons. The van der Waals surface area contributed by atoms with Crippen molar-refractivity contribution in [2.24, 2.45) is 4.99 Å². The number of rotatable bonds is 5. The van der Waals surface area contributed by atoms with Gasteiger partial charge >= 0.3 is 0 Å². The molecule has 0 saturated heterocycles. The zero-order valence-electron chi connectivity index (χ0n) is 18.3. The zero-order chi connectivity index (χ0) is 22.7. The van der Waals surface area contributed by atoms with Crippen LogP contribution in [0.5, 0.6) is 0 Å². The van der Waals surface area contributed by atoms with Gasteiger partial charge in [0.2, 0.25) is 0 Å². The molecule has 2 nitrogen and oxygen atoms in total. The van der Waals surface area contributed by atoms with E-state index in [2.05, 4.69) is 68.6 Å². The second-order valence-electron chi connectivity index (χ2n) is 7.70. The zero-order valence-corrected chi connectivity index (χ0v) is 19.1. The molecule has 0 saturated carbocycles. The van der Waals surface area contributed by atoms with Crippen molar-refractivity contribution < 1.29 is 0 Å². The Morgan fingerprint density at radius 3 is 2.00 bits per heavy atom. The normalized spacial score (nSPS) is 15.3. The smallest absolute Gasteiger partial charge is 0.143 e. The minimum Gasteiger partial charge on any atom is -0.328 e. The minimum absolute atomic E-state index is 0.436. The third-order valence-electron chi connectivity index (χ3n) is 5.59. The molecule has 1 aliphatic rings. The van der Waals surface area contributed by atoms with Crippen LogP contribution in [0.25, 0.3) is 16.7 Å². The Labute approximate surface area is 195 Å². The van der Waals surface area contributed by atoms with Crippen molar-refractivity contribution in [2.45, 2.75) is 6.92 Å². The molecule has 0 atom stereocenters. The van der Waals surface area contributed by atoms with Gasteiger partial charge in [0.25, 0.3) is 0 Å². The van der Waals surface area contributed by atoms with Gasteiger partial charge in [0, 0.05) is 18.2 Å². The van der Waals surface area contributed by atoms with Crippen LogP contribution in [0.15, 0.2) is 121 Å². The van der Waals surface area contributed by atoms with Crippen molar-refractivity contribution in [3.05, 3.63) is 138 Å². The highest BCUT2D eigenvalue weighted by molar-refractivity contribution is 6.76. The van der Waals surface area contributed by atoms with Crippen LogP contribution in [0.4, 0.5) is 0 Å². The maximum Gasteiger partial charge on any atom is 0.143 e. The summed E-state index contributed by atoms with van der Waals surface area (Å²) in [6.07, 6.45) is 1.83. The molecule has 4 rings (SSSR count). The van der Waals surface area contributed by atoms with Crippen LogP contribution in [-0.2, 0) is 0 Å². The first kappa shape index (κ1) is 21.6. The fraction of sp³-hybridized carbons (Fsp3) is 0.0690. The number of hydrogen-bond donors (Lipinski definition) is 0. The molecule has 3 aromatic carbocycles. The van der Waals surface area contributed by atoms with Crippen LogP contribution in [0.3, 0.4) is 0 Å². The first-order valence-electron chi connectivity index (χ1n) is 10.5. The molecule has 0 amide bonds. The topological polar surface area (TPSA) is 15.6 Å². The van der Waals surface area contributed by atoms with Gasteiger partial charge in [0.05, 0.1) is 5.70 Å². The Kier molecular flexibility index (Phi) is 6.25. The molecular formula is C29H25ClN2. The SMILES string of the molecule is C=CC1=C(c2ccc(C)cc2)C(Cl)=N/C(=C(/C(=C)c2ccccc2)c2ccccc2)N1C. The molecule has 1 aliphatic heterocycles. The highest BCUT2D eigenvalue weighted by Gasteiger charge is 2.27.